The van der Waals surface area contributed by atoms with Gasteiger partial charge in [0.1, 0.15) is 0 Å². The number of likely N-dealkylation sites (tertiary alicyclic amines) is 1. The summed E-state index contributed by atoms with van der Waals surface area (Å²) in [5.41, 5.74) is 0. The van der Waals surface area contributed by atoms with Gasteiger partial charge in [0.25, 0.3) is 0 Å². The maximum atomic E-state index is 9.53. The minimum absolute atomic E-state index is 0.140. The van der Waals surface area contributed by atoms with Crippen LogP contribution in [0.3, 0.4) is 0 Å². The van der Waals surface area contributed by atoms with Gasteiger partial charge in [-0.2, -0.15) is 0 Å². The first kappa shape index (κ1) is 13.9. The molecule has 3 unspecified atom stereocenters. The summed E-state index contributed by atoms with van der Waals surface area (Å²) in [6.07, 6.45) is 3.06. The molecule has 0 radical (unpaired) electrons. The van der Waals surface area contributed by atoms with Crippen LogP contribution in [-0.4, -0.2) is 59.5 Å². The second-order valence-electron chi connectivity index (χ2n) is 4.74. The number of nitrogens with one attached hydrogen (secondary N) is 1. The van der Waals surface area contributed by atoms with Crippen molar-refractivity contribution in [2.45, 2.75) is 51.3 Å². The number of aliphatic hydroxyl groups excluding tert-OH is 2. The first-order valence-corrected chi connectivity index (χ1v) is 6.45. The molecule has 1 rings (SSSR count). The Morgan fingerprint density at radius 2 is 2.19 bits per heavy atom. The highest BCUT2D eigenvalue weighted by atomic mass is 16.3. The van der Waals surface area contributed by atoms with Crippen molar-refractivity contribution >= 4 is 0 Å². The van der Waals surface area contributed by atoms with Gasteiger partial charge < -0.3 is 15.5 Å². The molecule has 0 spiro atoms. The molecule has 0 aromatic rings. The number of hydrogen-bond donors (Lipinski definition) is 3. The molecule has 1 heterocycles. The van der Waals surface area contributed by atoms with Crippen LogP contribution in [0.4, 0.5) is 0 Å². The Labute approximate surface area is 98.6 Å². The largest absolute Gasteiger partial charge is 0.394 e. The summed E-state index contributed by atoms with van der Waals surface area (Å²) < 4.78 is 0. The number of piperidine rings is 1. The fourth-order valence-electron chi connectivity index (χ4n) is 2.60. The van der Waals surface area contributed by atoms with Crippen LogP contribution in [0.15, 0.2) is 0 Å². The van der Waals surface area contributed by atoms with Crippen LogP contribution in [0.2, 0.25) is 0 Å². The zero-order chi connectivity index (χ0) is 12.0. The summed E-state index contributed by atoms with van der Waals surface area (Å²) in [7, 11) is 0. The van der Waals surface area contributed by atoms with Gasteiger partial charge in [-0.15, -0.1) is 0 Å². The molecule has 1 saturated heterocycles. The van der Waals surface area contributed by atoms with Crippen LogP contribution in [0.25, 0.3) is 0 Å². The van der Waals surface area contributed by atoms with Gasteiger partial charge in [0.15, 0.2) is 0 Å². The lowest BCUT2D eigenvalue weighted by atomic mass is 9.96. The van der Waals surface area contributed by atoms with Crippen molar-refractivity contribution in [1.29, 1.82) is 0 Å². The fraction of sp³-hybridized carbons (Fsp3) is 1.00. The van der Waals surface area contributed by atoms with Gasteiger partial charge in [-0.3, -0.25) is 4.90 Å². The van der Waals surface area contributed by atoms with Crippen LogP contribution in [0.5, 0.6) is 0 Å². The molecule has 0 aromatic carbocycles. The Bertz CT molecular complexity index is 190. The average molecular weight is 230 g/mol. The molecule has 4 nitrogen and oxygen atoms in total. The van der Waals surface area contributed by atoms with Crippen LogP contribution >= 0.6 is 0 Å². The molecular weight excluding hydrogens is 204 g/mol. The molecule has 4 heteroatoms. The van der Waals surface area contributed by atoms with E-state index >= 15 is 0 Å². The Morgan fingerprint density at radius 1 is 1.44 bits per heavy atom. The molecule has 16 heavy (non-hydrogen) atoms. The average Bonchev–Trinajstić information content (AvgIpc) is 2.30. The Balaban J connectivity index is 2.49. The third kappa shape index (κ3) is 4.01. The van der Waals surface area contributed by atoms with Gasteiger partial charge in [0.2, 0.25) is 0 Å². The third-order valence-corrected chi connectivity index (χ3v) is 3.42. The minimum atomic E-state index is -0.602. The second-order valence-corrected chi connectivity index (χ2v) is 4.74. The lowest BCUT2D eigenvalue weighted by Gasteiger charge is -2.40. The van der Waals surface area contributed by atoms with E-state index < -0.39 is 6.10 Å². The molecule has 3 atom stereocenters. The van der Waals surface area contributed by atoms with Crippen LogP contribution in [0.1, 0.15) is 33.1 Å². The molecule has 0 saturated carbocycles. The number of β-amino-alcohol motifs (C(OH)–C–C–N with tert-alkyl or cyclic N) is 1. The summed E-state index contributed by atoms with van der Waals surface area (Å²) in [6.45, 7) is 6.80. The van der Waals surface area contributed by atoms with Crippen molar-refractivity contribution in [3.63, 3.8) is 0 Å². The molecular formula is C12H26N2O2. The van der Waals surface area contributed by atoms with Crippen molar-refractivity contribution in [3.8, 4) is 0 Å². The van der Waals surface area contributed by atoms with Crippen molar-refractivity contribution < 1.29 is 10.2 Å². The number of aliphatic hydroxyl groups is 2. The first-order valence-electron chi connectivity index (χ1n) is 6.45. The zero-order valence-electron chi connectivity index (χ0n) is 10.5. The first-order chi connectivity index (χ1) is 7.69. The van der Waals surface area contributed by atoms with E-state index in [1.54, 1.807) is 0 Å². The lowest BCUT2D eigenvalue weighted by Crippen LogP contribution is -2.53. The highest BCUT2D eigenvalue weighted by molar-refractivity contribution is 4.85. The third-order valence-electron chi connectivity index (χ3n) is 3.42. The highest BCUT2D eigenvalue weighted by Gasteiger charge is 2.27. The Hall–Kier alpha value is -0.160. The van der Waals surface area contributed by atoms with E-state index in [0.717, 1.165) is 13.1 Å². The van der Waals surface area contributed by atoms with Gasteiger partial charge >= 0.3 is 0 Å². The van der Waals surface area contributed by atoms with E-state index in [0.29, 0.717) is 18.6 Å². The van der Waals surface area contributed by atoms with Crippen molar-refractivity contribution in [1.82, 2.24) is 10.2 Å². The van der Waals surface area contributed by atoms with Crippen molar-refractivity contribution in [2.24, 2.45) is 0 Å². The second kappa shape index (κ2) is 7.22. The van der Waals surface area contributed by atoms with E-state index in [-0.39, 0.29) is 6.61 Å². The molecule has 1 fully saturated rings. The maximum Gasteiger partial charge on any atom is 0.0897 e. The smallest absolute Gasteiger partial charge is 0.0897 e. The highest BCUT2D eigenvalue weighted by Crippen LogP contribution is 2.19. The molecule has 0 amide bonds. The van der Waals surface area contributed by atoms with E-state index in [1.165, 1.54) is 19.3 Å². The number of rotatable bonds is 6. The predicted molar refractivity (Wildman–Crippen MR) is 65.4 cm³/mol. The number of nitrogens with zero attached hydrogens (tertiary/aromatic N) is 1. The number of hydrogen-bond acceptors (Lipinski definition) is 4. The quantitative estimate of drug-likeness (QED) is 0.610. The summed E-state index contributed by atoms with van der Waals surface area (Å²) in [4.78, 5) is 2.32. The van der Waals surface area contributed by atoms with E-state index in [1.807, 2.05) is 0 Å². The molecule has 0 aliphatic carbocycles. The molecule has 0 aromatic heterocycles. The summed E-state index contributed by atoms with van der Waals surface area (Å²) in [6, 6.07) is 0.950. The monoisotopic (exact) mass is 230 g/mol. The van der Waals surface area contributed by atoms with Crippen LogP contribution in [-0.2, 0) is 0 Å². The van der Waals surface area contributed by atoms with Gasteiger partial charge in [-0.1, -0.05) is 13.3 Å². The van der Waals surface area contributed by atoms with E-state index in [4.69, 9.17) is 5.11 Å². The summed E-state index contributed by atoms with van der Waals surface area (Å²) in [5, 5.41) is 21.9. The van der Waals surface area contributed by atoms with Crippen LogP contribution < -0.4 is 5.32 Å². The van der Waals surface area contributed by atoms with Gasteiger partial charge in [-0.05, 0) is 32.9 Å². The van der Waals surface area contributed by atoms with E-state index in [2.05, 4.69) is 24.1 Å². The Kier molecular flexibility index (Phi) is 6.28. The molecule has 1 aliphatic heterocycles. The summed E-state index contributed by atoms with van der Waals surface area (Å²) in [5.74, 6) is 0. The SMILES string of the molecule is CCNC(C)C1CCCCN1CC(O)CO. The van der Waals surface area contributed by atoms with E-state index in [9.17, 15) is 5.11 Å². The molecule has 1 aliphatic rings. The molecule has 96 valence electrons. The molecule has 0 bridgehead atoms. The fourth-order valence-corrected chi connectivity index (χ4v) is 2.60. The lowest BCUT2D eigenvalue weighted by molar-refractivity contribution is 0.0256. The summed E-state index contributed by atoms with van der Waals surface area (Å²) >= 11 is 0. The molecule has 3 N–H and O–H groups in total. The van der Waals surface area contributed by atoms with Crippen molar-refractivity contribution in [3.05, 3.63) is 0 Å². The van der Waals surface area contributed by atoms with Crippen LogP contribution in [0, 0.1) is 0 Å². The predicted octanol–water partition coefficient (Wildman–Crippen LogP) is 0.192. The standard InChI is InChI=1S/C12H26N2O2/c1-3-13-10(2)12-6-4-5-7-14(12)8-11(16)9-15/h10-13,15-16H,3-9H2,1-2H3. The number of likely N-dealkylation sites (N-methyl/N-ethyl adjacent to an activating group) is 1. The normalized spacial score (nSPS) is 26.6. The Morgan fingerprint density at radius 3 is 2.81 bits per heavy atom. The zero-order valence-corrected chi connectivity index (χ0v) is 10.5. The minimum Gasteiger partial charge on any atom is -0.394 e. The maximum absolute atomic E-state index is 9.53. The van der Waals surface area contributed by atoms with Crippen molar-refractivity contribution in [2.75, 3.05) is 26.2 Å². The topological polar surface area (TPSA) is 55.7 Å². The van der Waals surface area contributed by atoms with Gasteiger partial charge in [-0.25, -0.2) is 0 Å². The van der Waals surface area contributed by atoms with Gasteiger partial charge in [0, 0.05) is 18.6 Å². The van der Waals surface area contributed by atoms with Gasteiger partial charge in [0.05, 0.1) is 12.7 Å².